The van der Waals surface area contributed by atoms with Gasteiger partial charge in [-0.15, -0.1) is 0 Å². The van der Waals surface area contributed by atoms with E-state index in [1.165, 1.54) is 18.4 Å². The molecule has 124 valence electrons. The van der Waals surface area contributed by atoms with E-state index in [1.54, 1.807) is 0 Å². The quantitative estimate of drug-likeness (QED) is 0.360. The Kier molecular flexibility index (Phi) is 2.81. The standard InChI is InChI=1S/C24H17NO/c1-3-7-20-18(5-1)22-19-6-2-4-8-21(19)26-24(22)23(25-20)17-13-11-16(12-14-17)15-9-10-15/h1-8,11-15H,9-10H2. The number of furan rings is 1. The fraction of sp³-hybridized carbons (Fsp3) is 0.125. The summed E-state index contributed by atoms with van der Waals surface area (Å²) in [5, 5.41) is 3.45. The van der Waals surface area contributed by atoms with E-state index in [2.05, 4.69) is 54.6 Å². The van der Waals surface area contributed by atoms with Gasteiger partial charge in [-0.25, -0.2) is 4.98 Å². The van der Waals surface area contributed by atoms with Crippen molar-refractivity contribution in [2.75, 3.05) is 0 Å². The smallest absolute Gasteiger partial charge is 0.162 e. The molecule has 0 spiro atoms. The van der Waals surface area contributed by atoms with Crippen LogP contribution in [-0.2, 0) is 0 Å². The molecule has 0 saturated heterocycles. The van der Waals surface area contributed by atoms with Gasteiger partial charge in [0.1, 0.15) is 11.3 Å². The number of pyridine rings is 1. The minimum absolute atomic E-state index is 0.764. The monoisotopic (exact) mass is 335 g/mol. The Morgan fingerprint density at radius 3 is 2.31 bits per heavy atom. The number of hydrogen-bond acceptors (Lipinski definition) is 2. The predicted octanol–water partition coefficient (Wildman–Crippen LogP) is 6.68. The van der Waals surface area contributed by atoms with E-state index >= 15 is 0 Å². The van der Waals surface area contributed by atoms with Gasteiger partial charge in [-0.2, -0.15) is 0 Å². The molecular formula is C24H17NO. The molecular weight excluding hydrogens is 318 g/mol. The highest BCUT2D eigenvalue weighted by atomic mass is 16.3. The third-order valence-electron chi connectivity index (χ3n) is 5.45. The van der Waals surface area contributed by atoms with Crippen molar-refractivity contribution < 1.29 is 4.42 Å². The second kappa shape index (κ2) is 5.18. The Balaban J connectivity index is 1.71. The molecule has 26 heavy (non-hydrogen) atoms. The van der Waals surface area contributed by atoms with Crippen LogP contribution in [0.25, 0.3) is 44.1 Å². The molecule has 1 fully saturated rings. The minimum Gasteiger partial charge on any atom is -0.454 e. The lowest BCUT2D eigenvalue weighted by atomic mass is 10.0. The zero-order valence-electron chi connectivity index (χ0n) is 14.3. The Hall–Kier alpha value is -3.13. The molecule has 5 aromatic rings. The highest BCUT2D eigenvalue weighted by Crippen LogP contribution is 2.42. The van der Waals surface area contributed by atoms with Crippen LogP contribution < -0.4 is 0 Å². The summed E-state index contributed by atoms with van der Waals surface area (Å²) < 4.78 is 6.27. The molecule has 1 saturated carbocycles. The van der Waals surface area contributed by atoms with Crippen molar-refractivity contribution in [3.8, 4) is 11.3 Å². The van der Waals surface area contributed by atoms with Gasteiger partial charge in [0.2, 0.25) is 0 Å². The molecule has 2 heterocycles. The fourth-order valence-electron chi connectivity index (χ4n) is 3.96. The number of hydrogen-bond donors (Lipinski definition) is 0. The Morgan fingerprint density at radius 2 is 1.50 bits per heavy atom. The summed E-state index contributed by atoms with van der Waals surface area (Å²) >= 11 is 0. The van der Waals surface area contributed by atoms with Crippen molar-refractivity contribution >= 4 is 32.8 Å². The van der Waals surface area contributed by atoms with Crippen LogP contribution in [0.2, 0.25) is 0 Å². The minimum atomic E-state index is 0.764. The molecule has 0 atom stereocenters. The first-order valence-corrected chi connectivity index (χ1v) is 9.19. The lowest BCUT2D eigenvalue weighted by Gasteiger charge is -2.07. The van der Waals surface area contributed by atoms with Gasteiger partial charge in [-0.3, -0.25) is 0 Å². The van der Waals surface area contributed by atoms with Crippen LogP contribution in [0.4, 0.5) is 0 Å². The number of fused-ring (bicyclic) bond motifs is 5. The van der Waals surface area contributed by atoms with E-state index in [1.807, 2.05) is 18.2 Å². The molecule has 2 aromatic heterocycles. The van der Waals surface area contributed by atoms with E-state index < -0.39 is 0 Å². The third kappa shape index (κ3) is 2.02. The van der Waals surface area contributed by atoms with Crippen molar-refractivity contribution in [1.82, 2.24) is 4.98 Å². The fourth-order valence-corrected chi connectivity index (χ4v) is 3.96. The van der Waals surface area contributed by atoms with E-state index in [4.69, 9.17) is 9.40 Å². The van der Waals surface area contributed by atoms with E-state index in [0.717, 1.165) is 50.0 Å². The van der Waals surface area contributed by atoms with Gasteiger partial charge >= 0.3 is 0 Å². The van der Waals surface area contributed by atoms with Crippen LogP contribution in [0.15, 0.2) is 77.2 Å². The summed E-state index contributed by atoms with van der Waals surface area (Å²) in [5.74, 6) is 0.764. The summed E-state index contributed by atoms with van der Waals surface area (Å²) in [6.45, 7) is 0. The normalized spacial score (nSPS) is 14.5. The third-order valence-corrected chi connectivity index (χ3v) is 5.45. The first-order valence-electron chi connectivity index (χ1n) is 9.19. The molecule has 0 N–H and O–H groups in total. The topological polar surface area (TPSA) is 26.0 Å². The maximum atomic E-state index is 6.27. The van der Waals surface area contributed by atoms with Gasteiger partial charge < -0.3 is 4.42 Å². The molecule has 6 rings (SSSR count). The van der Waals surface area contributed by atoms with Crippen molar-refractivity contribution in [3.63, 3.8) is 0 Å². The maximum absolute atomic E-state index is 6.27. The molecule has 0 bridgehead atoms. The number of nitrogens with zero attached hydrogens (tertiary/aromatic N) is 1. The van der Waals surface area contributed by atoms with Crippen LogP contribution in [0.3, 0.4) is 0 Å². The van der Waals surface area contributed by atoms with Crippen molar-refractivity contribution in [3.05, 3.63) is 78.4 Å². The van der Waals surface area contributed by atoms with Gasteiger partial charge in [-0.1, -0.05) is 60.7 Å². The van der Waals surface area contributed by atoms with Gasteiger partial charge in [-0.05, 0) is 36.5 Å². The molecule has 3 aromatic carbocycles. The van der Waals surface area contributed by atoms with Crippen molar-refractivity contribution in [2.45, 2.75) is 18.8 Å². The largest absolute Gasteiger partial charge is 0.454 e. The molecule has 0 aliphatic heterocycles. The Morgan fingerprint density at radius 1 is 0.769 bits per heavy atom. The van der Waals surface area contributed by atoms with E-state index in [-0.39, 0.29) is 0 Å². The molecule has 1 aliphatic rings. The zero-order chi connectivity index (χ0) is 17.1. The molecule has 0 unspecified atom stereocenters. The average Bonchev–Trinajstić information content (AvgIpc) is 3.47. The number of para-hydroxylation sites is 2. The summed E-state index contributed by atoms with van der Waals surface area (Å²) in [5.41, 5.74) is 6.28. The molecule has 1 aliphatic carbocycles. The number of benzene rings is 3. The maximum Gasteiger partial charge on any atom is 0.162 e. The molecule has 0 radical (unpaired) electrons. The lowest BCUT2D eigenvalue weighted by molar-refractivity contribution is 0.669. The van der Waals surface area contributed by atoms with Gasteiger partial charge in [0, 0.05) is 21.7 Å². The van der Waals surface area contributed by atoms with Gasteiger partial charge in [0.05, 0.1) is 5.52 Å². The van der Waals surface area contributed by atoms with E-state index in [0.29, 0.717) is 0 Å². The first kappa shape index (κ1) is 14.1. The summed E-state index contributed by atoms with van der Waals surface area (Å²) in [7, 11) is 0. The van der Waals surface area contributed by atoms with Crippen LogP contribution in [0.5, 0.6) is 0 Å². The SMILES string of the molecule is c1ccc2c(c1)nc(-c1ccc(C3CC3)cc1)c1oc3ccccc3c12. The summed E-state index contributed by atoms with van der Waals surface area (Å²) in [6.07, 6.45) is 2.64. The van der Waals surface area contributed by atoms with Crippen LogP contribution in [0.1, 0.15) is 24.3 Å². The molecule has 2 nitrogen and oxygen atoms in total. The van der Waals surface area contributed by atoms with Crippen molar-refractivity contribution in [2.24, 2.45) is 0 Å². The van der Waals surface area contributed by atoms with Crippen LogP contribution >= 0.6 is 0 Å². The predicted molar refractivity (Wildman–Crippen MR) is 106 cm³/mol. The van der Waals surface area contributed by atoms with Gasteiger partial charge in [0.15, 0.2) is 5.58 Å². The van der Waals surface area contributed by atoms with Crippen LogP contribution in [0, 0.1) is 0 Å². The second-order valence-electron chi connectivity index (χ2n) is 7.18. The Labute approximate surface area is 151 Å². The second-order valence-corrected chi connectivity index (χ2v) is 7.18. The van der Waals surface area contributed by atoms with Gasteiger partial charge in [0.25, 0.3) is 0 Å². The Bertz CT molecular complexity index is 1280. The highest BCUT2D eigenvalue weighted by molar-refractivity contribution is 6.20. The first-order chi connectivity index (χ1) is 12.9. The zero-order valence-corrected chi connectivity index (χ0v) is 14.3. The van der Waals surface area contributed by atoms with E-state index in [9.17, 15) is 0 Å². The highest BCUT2D eigenvalue weighted by Gasteiger charge is 2.23. The summed E-state index contributed by atoms with van der Waals surface area (Å²) in [6, 6.07) is 25.5. The molecule has 2 heteroatoms. The van der Waals surface area contributed by atoms with Crippen molar-refractivity contribution in [1.29, 1.82) is 0 Å². The summed E-state index contributed by atoms with van der Waals surface area (Å²) in [4.78, 5) is 4.97. The number of aromatic nitrogens is 1. The van der Waals surface area contributed by atoms with Crippen LogP contribution in [-0.4, -0.2) is 4.98 Å². The average molecular weight is 335 g/mol. The lowest BCUT2D eigenvalue weighted by Crippen LogP contribution is -1.88. The molecule has 0 amide bonds. The number of rotatable bonds is 2.